The molecule has 4 unspecified atom stereocenters. The number of hydrogen-bond donors (Lipinski definition) is 2. The van der Waals surface area contributed by atoms with Gasteiger partial charge in [0.05, 0.1) is 34.5 Å². The average Bonchev–Trinajstić information content (AvgIpc) is 3.23. The van der Waals surface area contributed by atoms with E-state index in [-0.39, 0.29) is 18.2 Å². The van der Waals surface area contributed by atoms with Crippen LogP contribution < -0.4 is 5.32 Å². The third kappa shape index (κ3) is 3.45. The maximum atomic E-state index is 12.9. The normalized spacial score (nSPS) is 35.1. The molecule has 1 amide bonds. The number of carbonyl (C=O) groups excluding carboxylic acids is 1. The summed E-state index contributed by atoms with van der Waals surface area (Å²) in [6.45, 7) is 1.22. The molecule has 2 N–H and O–H groups in total. The smallest absolute Gasteiger partial charge is 0.410 e. The van der Waals surface area contributed by atoms with Crippen molar-refractivity contribution in [3.05, 3.63) is 30.0 Å². The van der Waals surface area contributed by atoms with E-state index >= 15 is 0 Å². The zero-order valence-corrected chi connectivity index (χ0v) is 17.9. The molecule has 8 heteroatoms. The Morgan fingerprint density at radius 3 is 2.81 bits per heavy atom. The van der Waals surface area contributed by atoms with Crippen LogP contribution in [-0.2, 0) is 4.74 Å². The van der Waals surface area contributed by atoms with Crippen LogP contribution in [0.1, 0.15) is 44.1 Å². The van der Waals surface area contributed by atoms with Gasteiger partial charge in [0, 0.05) is 19.1 Å². The first-order valence-electron chi connectivity index (χ1n) is 11.6. The van der Waals surface area contributed by atoms with Crippen LogP contribution in [0.3, 0.4) is 0 Å². The van der Waals surface area contributed by atoms with Crippen LogP contribution in [0.15, 0.2) is 24.4 Å². The van der Waals surface area contributed by atoms with Crippen molar-refractivity contribution in [2.24, 2.45) is 17.8 Å². The number of benzene rings is 1. The summed E-state index contributed by atoms with van der Waals surface area (Å²) in [5.74, 6) is 1.88. The molecule has 1 aromatic heterocycles. The number of nitrogens with zero attached hydrogens (tertiary/aromatic N) is 4. The molecule has 6 atom stereocenters. The summed E-state index contributed by atoms with van der Waals surface area (Å²) in [5.41, 5.74) is 1.46. The Labute approximate surface area is 186 Å². The van der Waals surface area contributed by atoms with E-state index in [1.165, 1.54) is 0 Å². The number of hydrogen-bond acceptors (Lipinski definition) is 7. The van der Waals surface area contributed by atoms with Crippen molar-refractivity contribution in [1.29, 1.82) is 5.26 Å². The van der Waals surface area contributed by atoms with Crippen LogP contribution in [0.5, 0.6) is 0 Å². The summed E-state index contributed by atoms with van der Waals surface area (Å²) in [7, 11) is 0. The highest BCUT2D eigenvalue weighted by Crippen LogP contribution is 2.56. The molecule has 8 nitrogen and oxygen atoms in total. The molecule has 0 radical (unpaired) electrons. The van der Waals surface area contributed by atoms with Gasteiger partial charge in [-0.1, -0.05) is 0 Å². The van der Waals surface area contributed by atoms with Gasteiger partial charge in [-0.05, 0) is 74.5 Å². The molecule has 1 saturated heterocycles. The molecule has 0 spiro atoms. The van der Waals surface area contributed by atoms with Gasteiger partial charge in [-0.25, -0.2) is 9.78 Å². The van der Waals surface area contributed by atoms with Crippen LogP contribution in [0.2, 0.25) is 0 Å². The van der Waals surface area contributed by atoms with Crippen molar-refractivity contribution in [3.63, 3.8) is 0 Å². The fraction of sp³-hybridized carbons (Fsp3) is 0.583. The first-order chi connectivity index (χ1) is 15.5. The number of amides is 1. The first-order valence-corrected chi connectivity index (χ1v) is 11.6. The second-order valence-electron chi connectivity index (χ2n) is 10.2. The number of nitrogens with one attached hydrogen (secondary N) is 1. The Kier molecular flexibility index (Phi) is 4.51. The van der Waals surface area contributed by atoms with Crippen molar-refractivity contribution < 1.29 is 14.6 Å². The quantitative estimate of drug-likeness (QED) is 0.765. The van der Waals surface area contributed by atoms with Crippen molar-refractivity contribution in [2.45, 2.75) is 56.3 Å². The standard InChI is InChI=1S/C24H27N5O3/c25-11-14-1-2-19-20(7-14)26-12-21(28-19)27-18-3-4-29(13-18)23(30)32-22-16-5-15-6-17(22)10-24(31,8-15)9-16/h1-2,7,12,15-18,22,31H,3-6,8-10,13H2,(H,27,28)/t15?,16-,17?,18+,22?,24?/m0/s1. The second kappa shape index (κ2) is 7.31. The SMILES string of the molecule is N#Cc1ccc2nc(N[C@@H]3CCN(C(=O)OC4C5CC6C[C@H]4CC(O)(C6)C5)C3)cnc2c1. The lowest BCUT2D eigenvalue weighted by Gasteiger charge is -2.57. The minimum Gasteiger partial charge on any atom is -0.446 e. The Balaban J connectivity index is 1.07. The molecule has 32 heavy (non-hydrogen) atoms. The fourth-order valence-electron chi connectivity index (χ4n) is 6.72. The van der Waals surface area contributed by atoms with Crippen LogP contribution >= 0.6 is 0 Å². The van der Waals surface area contributed by atoms with Gasteiger partial charge in [0.15, 0.2) is 0 Å². The lowest BCUT2D eigenvalue weighted by molar-refractivity contribution is -0.177. The largest absolute Gasteiger partial charge is 0.446 e. The lowest BCUT2D eigenvalue weighted by atomic mass is 9.53. The van der Waals surface area contributed by atoms with Crippen molar-refractivity contribution >= 4 is 22.9 Å². The molecule has 4 bridgehead atoms. The first kappa shape index (κ1) is 19.7. The predicted octanol–water partition coefficient (Wildman–Crippen LogP) is 3.06. The van der Waals surface area contributed by atoms with Gasteiger partial charge in [0.25, 0.3) is 0 Å². The van der Waals surface area contributed by atoms with Crippen LogP contribution in [0.4, 0.5) is 10.6 Å². The van der Waals surface area contributed by atoms with Crippen LogP contribution in [0.25, 0.3) is 11.0 Å². The molecule has 1 aromatic carbocycles. The lowest BCUT2D eigenvalue weighted by Crippen LogP contribution is -2.58. The van der Waals surface area contributed by atoms with E-state index in [1.54, 1.807) is 29.3 Å². The molecule has 7 rings (SSSR count). The molecule has 4 aliphatic carbocycles. The number of nitriles is 1. The van der Waals surface area contributed by atoms with Crippen LogP contribution in [0, 0.1) is 29.1 Å². The number of anilines is 1. The minimum absolute atomic E-state index is 0.0454. The highest BCUT2D eigenvalue weighted by Gasteiger charge is 2.56. The maximum Gasteiger partial charge on any atom is 0.410 e. The number of likely N-dealkylation sites (tertiary alicyclic amines) is 1. The van der Waals surface area contributed by atoms with E-state index in [0.717, 1.165) is 44.0 Å². The van der Waals surface area contributed by atoms with Gasteiger partial charge in [-0.2, -0.15) is 5.26 Å². The molecular formula is C24H27N5O3. The number of aliphatic hydroxyl groups is 1. The predicted molar refractivity (Wildman–Crippen MR) is 117 cm³/mol. The van der Waals surface area contributed by atoms with E-state index in [9.17, 15) is 9.90 Å². The number of ether oxygens (including phenoxy) is 1. The molecule has 5 fully saturated rings. The zero-order chi connectivity index (χ0) is 21.9. The van der Waals surface area contributed by atoms with E-state index in [2.05, 4.69) is 21.4 Å². The van der Waals surface area contributed by atoms with Crippen molar-refractivity contribution in [3.8, 4) is 6.07 Å². The van der Waals surface area contributed by atoms with Gasteiger partial charge in [-0.3, -0.25) is 4.98 Å². The number of carbonyl (C=O) groups is 1. The fourth-order valence-corrected chi connectivity index (χ4v) is 6.72. The second-order valence-corrected chi connectivity index (χ2v) is 10.2. The van der Waals surface area contributed by atoms with Gasteiger partial charge >= 0.3 is 6.09 Å². The molecule has 5 aliphatic rings. The van der Waals surface area contributed by atoms with E-state index < -0.39 is 5.60 Å². The zero-order valence-electron chi connectivity index (χ0n) is 17.9. The Bertz CT molecular complexity index is 1100. The molecular weight excluding hydrogens is 406 g/mol. The topological polar surface area (TPSA) is 111 Å². The summed E-state index contributed by atoms with van der Waals surface area (Å²) in [6, 6.07) is 7.46. The molecule has 2 aromatic rings. The Morgan fingerprint density at radius 2 is 2.06 bits per heavy atom. The van der Waals surface area contributed by atoms with E-state index in [4.69, 9.17) is 10.00 Å². The monoisotopic (exact) mass is 433 g/mol. The highest BCUT2D eigenvalue weighted by atomic mass is 16.6. The van der Waals surface area contributed by atoms with Crippen molar-refractivity contribution in [1.82, 2.24) is 14.9 Å². The third-order valence-corrected chi connectivity index (χ3v) is 7.86. The summed E-state index contributed by atoms with van der Waals surface area (Å²) in [4.78, 5) is 23.7. The average molecular weight is 434 g/mol. The third-order valence-electron chi connectivity index (χ3n) is 7.86. The minimum atomic E-state index is -0.515. The van der Waals surface area contributed by atoms with Crippen LogP contribution in [-0.4, -0.2) is 56.9 Å². The highest BCUT2D eigenvalue weighted by molar-refractivity contribution is 5.77. The van der Waals surface area contributed by atoms with Gasteiger partial charge in [0.1, 0.15) is 11.9 Å². The summed E-state index contributed by atoms with van der Waals surface area (Å²) >= 11 is 0. The number of aromatic nitrogens is 2. The summed E-state index contributed by atoms with van der Waals surface area (Å²) in [5, 5.41) is 23.2. The molecule has 2 heterocycles. The van der Waals surface area contributed by atoms with Crippen molar-refractivity contribution in [2.75, 3.05) is 18.4 Å². The summed E-state index contributed by atoms with van der Waals surface area (Å²) in [6.07, 6.45) is 6.86. The number of fused-ring (bicyclic) bond motifs is 1. The Hall–Kier alpha value is -2.92. The summed E-state index contributed by atoms with van der Waals surface area (Å²) < 4.78 is 6.03. The molecule has 166 valence electrons. The molecule has 4 saturated carbocycles. The van der Waals surface area contributed by atoms with Gasteiger partial charge in [0.2, 0.25) is 0 Å². The Morgan fingerprint density at radius 1 is 1.25 bits per heavy atom. The maximum absolute atomic E-state index is 12.9. The number of rotatable bonds is 3. The van der Waals surface area contributed by atoms with Gasteiger partial charge < -0.3 is 20.1 Å². The molecule has 1 aliphatic heterocycles. The van der Waals surface area contributed by atoms with E-state index in [1.807, 2.05) is 0 Å². The van der Waals surface area contributed by atoms with E-state index in [0.29, 0.717) is 47.7 Å². The van der Waals surface area contributed by atoms with Gasteiger partial charge in [-0.15, -0.1) is 0 Å².